The third kappa shape index (κ3) is 10.1. The zero-order chi connectivity index (χ0) is 25.4. The summed E-state index contributed by atoms with van der Waals surface area (Å²) in [6.07, 6.45) is 2.46. The van der Waals surface area contributed by atoms with Crippen molar-refractivity contribution in [2.24, 2.45) is 11.8 Å². The minimum absolute atomic E-state index is 0. The Morgan fingerprint density at radius 3 is 2.17 bits per heavy atom. The van der Waals surface area contributed by atoms with Gasteiger partial charge in [-0.15, -0.1) is 34.9 Å². The molecule has 2 aromatic carbocycles. The minimum atomic E-state index is 0. The number of benzene rings is 2. The van der Waals surface area contributed by atoms with E-state index >= 15 is 0 Å². The maximum absolute atomic E-state index is 11.2. The summed E-state index contributed by atoms with van der Waals surface area (Å²) < 4.78 is 0. The monoisotopic (exact) mass is 651 g/mol. The van der Waals surface area contributed by atoms with Crippen LogP contribution in [0.2, 0.25) is 0 Å². The van der Waals surface area contributed by atoms with Crippen molar-refractivity contribution < 1.29 is 30.0 Å². The number of allylic oxidation sites excluding steroid dienone is 2. The molecule has 0 spiro atoms. The van der Waals surface area contributed by atoms with E-state index in [1.54, 1.807) is 0 Å². The van der Waals surface area contributed by atoms with E-state index in [1.807, 2.05) is 27.7 Å². The number of hydrogen-bond donors (Lipinski definition) is 1. The second kappa shape index (κ2) is 14.3. The Morgan fingerprint density at radius 2 is 1.60 bits per heavy atom. The maximum atomic E-state index is 11.2. The number of hydrogen-bond acceptors (Lipinski definition) is 3. The molecule has 0 unspecified atom stereocenters. The molecule has 0 aliphatic carbocycles. The average molecular weight is 651 g/mol. The Kier molecular flexibility index (Phi) is 12.6. The Balaban J connectivity index is 0.000000383. The fourth-order valence-electron chi connectivity index (χ4n) is 3.98. The number of aryl methyl sites for hydroxylation is 2. The van der Waals surface area contributed by atoms with E-state index in [1.165, 1.54) is 22.6 Å². The average Bonchev–Trinajstić information content (AvgIpc) is 2.71. The van der Waals surface area contributed by atoms with Crippen molar-refractivity contribution in [3.8, 4) is 11.3 Å². The predicted octanol–water partition coefficient (Wildman–Crippen LogP) is 8.53. The molecule has 0 aliphatic heterocycles. The van der Waals surface area contributed by atoms with Crippen LogP contribution in [-0.4, -0.2) is 15.9 Å². The SMILES string of the molecule is CC(C)CC(=O)/C=C(\O)CC(C)C.Cc1[c-]c(-c2cc(C(C)C)c3ccccc3n2)cc(C)c1.[Ir]. The Hall–Kier alpha value is -2.29. The van der Waals surface area contributed by atoms with Gasteiger partial charge in [0.1, 0.15) is 0 Å². The van der Waals surface area contributed by atoms with Gasteiger partial charge in [-0.05, 0) is 35.1 Å². The van der Waals surface area contributed by atoms with Gasteiger partial charge in [0.05, 0.1) is 11.3 Å². The number of para-hydroxylation sites is 1. The van der Waals surface area contributed by atoms with Gasteiger partial charge < -0.3 is 5.11 Å². The van der Waals surface area contributed by atoms with Gasteiger partial charge in [0.25, 0.3) is 0 Å². The van der Waals surface area contributed by atoms with Crippen molar-refractivity contribution in [3.63, 3.8) is 0 Å². The zero-order valence-electron chi connectivity index (χ0n) is 22.4. The van der Waals surface area contributed by atoms with E-state index in [9.17, 15) is 9.90 Å². The molecule has 1 heterocycles. The van der Waals surface area contributed by atoms with Crippen LogP contribution in [0.15, 0.2) is 54.3 Å². The normalized spacial score (nSPS) is 11.5. The fourth-order valence-corrected chi connectivity index (χ4v) is 3.98. The largest absolute Gasteiger partial charge is 0.512 e. The van der Waals surface area contributed by atoms with E-state index in [0.717, 1.165) is 22.3 Å². The molecular formula is C31H40IrNO2-. The number of carbonyl (C=O) groups is 1. The molecule has 35 heavy (non-hydrogen) atoms. The third-order valence-corrected chi connectivity index (χ3v) is 5.35. The van der Waals surface area contributed by atoms with Crippen LogP contribution in [0.25, 0.3) is 22.2 Å². The predicted molar refractivity (Wildman–Crippen MR) is 144 cm³/mol. The molecule has 0 aliphatic rings. The fraction of sp³-hybridized carbons (Fsp3) is 0.419. The van der Waals surface area contributed by atoms with E-state index in [4.69, 9.17) is 4.98 Å². The number of aromatic nitrogens is 1. The molecule has 0 fully saturated rings. The van der Waals surface area contributed by atoms with E-state index in [2.05, 4.69) is 76.2 Å². The number of pyridine rings is 1. The second-order valence-corrected chi connectivity index (χ2v) is 10.3. The number of aliphatic hydroxyl groups is 1. The third-order valence-electron chi connectivity index (χ3n) is 5.35. The summed E-state index contributed by atoms with van der Waals surface area (Å²) in [5.41, 5.74) is 6.92. The summed E-state index contributed by atoms with van der Waals surface area (Å²) in [7, 11) is 0. The number of ketones is 1. The first kappa shape index (κ1) is 30.7. The molecule has 0 amide bonds. The van der Waals surface area contributed by atoms with E-state index < -0.39 is 0 Å². The van der Waals surface area contributed by atoms with E-state index in [0.29, 0.717) is 30.6 Å². The van der Waals surface area contributed by atoms with Crippen molar-refractivity contribution in [2.75, 3.05) is 0 Å². The summed E-state index contributed by atoms with van der Waals surface area (Å²) in [6, 6.07) is 18.3. The Labute approximate surface area is 225 Å². The molecule has 0 saturated heterocycles. The number of aliphatic hydroxyl groups excluding tert-OH is 1. The van der Waals surface area contributed by atoms with Crippen molar-refractivity contribution in [1.82, 2.24) is 4.98 Å². The second-order valence-electron chi connectivity index (χ2n) is 10.3. The molecule has 4 heteroatoms. The van der Waals surface area contributed by atoms with Crippen molar-refractivity contribution in [1.29, 1.82) is 0 Å². The summed E-state index contributed by atoms with van der Waals surface area (Å²) in [5, 5.41) is 10.6. The first-order valence-electron chi connectivity index (χ1n) is 12.3. The van der Waals surface area contributed by atoms with Crippen LogP contribution < -0.4 is 0 Å². The summed E-state index contributed by atoms with van der Waals surface area (Å²) >= 11 is 0. The van der Waals surface area contributed by atoms with Crippen LogP contribution in [0.4, 0.5) is 0 Å². The first-order valence-corrected chi connectivity index (χ1v) is 12.3. The van der Waals surface area contributed by atoms with Crippen molar-refractivity contribution in [2.45, 2.75) is 74.1 Å². The van der Waals surface area contributed by atoms with Crippen LogP contribution in [0, 0.1) is 31.7 Å². The van der Waals surface area contributed by atoms with Gasteiger partial charge in [-0.1, -0.05) is 79.7 Å². The molecule has 3 rings (SSSR count). The van der Waals surface area contributed by atoms with Gasteiger partial charge >= 0.3 is 0 Å². The van der Waals surface area contributed by atoms with Crippen molar-refractivity contribution >= 4 is 16.7 Å². The smallest absolute Gasteiger partial charge is 0.159 e. The number of fused-ring (bicyclic) bond motifs is 1. The van der Waals surface area contributed by atoms with Crippen LogP contribution in [0.1, 0.15) is 77.0 Å². The maximum Gasteiger partial charge on any atom is 0.159 e. The van der Waals surface area contributed by atoms with Gasteiger partial charge in [-0.25, -0.2) is 0 Å². The molecule has 1 aromatic heterocycles. The van der Waals surface area contributed by atoms with Crippen LogP contribution >= 0.6 is 0 Å². The number of nitrogens with zero attached hydrogens (tertiary/aromatic N) is 1. The van der Waals surface area contributed by atoms with Gasteiger partial charge in [-0.3, -0.25) is 9.78 Å². The van der Waals surface area contributed by atoms with Gasteiger partial charge in [0, 0.05) is 44.4 Å². The molecule has 191 valence electrons. The summed E-state index contributed by atoms with van der Waals surface area (Å²) in [6.45, 7) is 16.7. The van der Waals surface area contributed by atoms with Gasteiger partial charge in [-0.2, -0.15) is 0 Å². The molecule has 0 bridgehead atoms. The van der Waals surface area contributed by atoms with Crippen LogP contribution in [-0.2, 0) is 24.9 Å². The quantitative estimate of drug-likeness (QED) is 0.158. The minimum Gasteiger partial charge on any atom is -0.512 e. The Morgan fingerprint density at radius 1 is 0.971 bits per heavy atom. The van der Waals surface area contributed by atoms with Crippen molar-refractivity contribution in [3.05, 3.63) is 77.1 Å². The molecule has 3 aromatic rings. The van der Waals surface area contributed by atoms with Crippen LogP contribution in [0.5, 0.6) is 0 Å². The standard InChI is InChI=1S/C20H20N.C11H20O2.Ir/c1-13(2)18-12-20(16-10-14(3)9-15(4)11-16)21-19-8-6-5-7-17(18)19;1-8(2)5-10(12)7-11(13)6-9(3)4;/h5-10,12-13H,1-4H3;7-9,12H,5-6H2,1-4H3;/q-1;;/b;10-7-;. The molecule has 3 nitrogen and oxygen atoms in total. The first-order chi connectivity index (χ1) is 16.0. The molecule has 1 radical (unpaired) electrons. The number of rotatable bonds is 7. The molecule has 0 atom stereocenters. The molecule has 0 saturated carbocycles. The van der Waals surface area contributed by atoms with E-state index in [-0.39, 0.29) is 31.6 Å². The summed E-state index contributed by atoms with van der Waals surface area (Å²) in [4.78, 5) is 16.0. The topological polar surface area (TPSA) is 50.2 Å². The van der Waals surface area contributed by atoms with Crippen LogP contribution in [0.3, 0.4) is 0 Å². The zero-order valence-corrected chi connectivity index (χ0v) is 24.8. The summed E-state index contributed by atoms with van der Waals surface area (Å²) in [5.74, 6) is 1.45. The number of carbonyl (C=O) groups excluding carboxylic acids is 1. The van der Waals surface area contributed by atoms with Gasteiger partial charge in [0.15, 0.2) is 5.78 Å². The molecule has 1 N–H and O–H groups in total. The van der Waals surface area contributed by atoms with Gasteiger partial charge in [0.2, 0.25) is 0 Å². The Bertz CT molecular complexity index is 1130. The molecular weight excluding hydrogens is 611 g/mol.